The summed E-state index contributed by atoms with van der Waals surface area (Å²) in [5.74, 6) is 0.335. The van der Waals surface area contributed by atoms with Crippen molar-refractivity contribution < 1.29 is 4.52 Å². The molecule has 0 radical (unpaired) electrons. The van der Waals surface area contributed by atoms with Crippen LogP contribution in [0.25, 0.3) is 0 Å². The highest BCUT2D eigenvalue weighted by Gasteiger charge is 2.02. The van der Waals surface area contributed by atoms with Crippen LogP contribution in [-0.2, 0) is 6.42 Å². The maximum Gasteiger partial charge on any atom is 0.222 e. The van der Waals surface area contributed by atoms with E-state index in [-0.39, 0.29) is 0 Å². The number of hydrogen-bond donors (Lipinski definition) is 1. The first-order chi connectivity index (χ1) is 6.74. The van der Waals surface area contributed by atoms with Gasteiger partial charge in [0.2, 0.25) is 5.88 Å². The molecule has 0 aliphatic heterocycles. The molecule has 0 atom stereocenters. The van der Waals surface area contributed by atoms with Gasteiger partial charge in [-0.25, -0.2) is 0 Å². The predicted octanol–water partition coefficient (Wildman–Crippen LogP) is 2.50. The highest BCUT2D eigenvalue weighted by Crippen LogP contribution is 2.15. The molecule has 0 saturated heterocycles. The number of benzene rings is 1. The van der Waals surface area contributed by atoms with Crippen molar-refractivity contribution in [1.82, 2.24) is 5.16 Å². The minimum Gasteiger partial charge on any atom is -0.368 e. The van der Waals surface area contributed by atoms with E-state index in [1.165, 1.54) is 0 Å². The van der Waals surface area contributed by atoms with Gasteiger partial charge in [0.15, 0.2) is 0 Å². The molecule has 1 aromatic carbocycles. The lowest BCUT2D eigenvalue weighted by molar-refractivity contribution is 0.429. The van der Waals surface area contributed by atoms with Gasteiger partial charge in [0.05, 0.1) is 5.69 Å². The molecule has 0 saturated carbocycles. The monoisotopic (exact) mass is 208 g/mol. The van der Waals surface area contributed by atoms with E-state index in [1.807, 2.05) is 24.3 Å². The lowest BCUT2D eigenvalue weighted by Gasteiger charge is -1.97. The van der Waals surface area contributed by atoms with E-state index in [0.29, 0.717) is 12.3 Å². The second kappa shape index (κ2) is 3.72. The van der Waals surface area contributed by atoms with Crippen molar-refractivity contribution >= 4 is 17.5 Å². The standard InChI is InChI=1S/C10H9ClN2O/c11-8-3-1-2-7(4-8)5-9-6-10(12)14-13-9/h1-4,6H,5,12H2. The maximum absolute atomic E-state index is 5.85. The molecule has 3 nitrogen and oxygen atoms in total. The Morgan fingerprint density at radius 2 is 2.21 bits per heavy atom. The topological polar surface area (TPSA) is 52.0 Å². The zero-order valence-electron chi connectivity index (χ0n) is 7.40. The average Bonchev–Trinajstić information content (AvgIpc) is 2.51. The third-order valence-corrected chi connectivity index (χ3v) is 2.09. The van der Waals surface area contributed by atoms with E-state index in [0.717, 1.165) is 16.3 Å². The van der Waals surface area contributed by atoms with Crippen LogP contribution in [0.2, 0.25) is 5.02 Å². The zero-order chi connectivity index (χ0) is 9.97. The third-order valence-electron chi connectivity index (χ3n) is 1.85. The fourth-order valence-corrected chi connectivity index (χ4v) is 1.48. The number of halogens is 1. The number of nitrogen functional groups attached to an aromatic ring is 1. The summed E-state index contributed by atoms with van der Waals surface area (Å²) in [6.45, 7) is 0. The minimum atomic E-state index is 0.335. The number of aromatic nitrogens is 1. The van der Waals surface area contributed by atoms with E-state index in [9.17, 15) is 0 Å². The van der Waals surface area contributed by atoms with Crippen LogP contribution in [0.3, 0.4) is 0 Å². The van der Waals surface area contributed by atoms with Gasteiger partial charge in [0.25, 0.3) is 0 Å². The molecule has 0 amide bonds. The molecular formula is C10H9ClN2O. The molecule has 0 aliphatic rings. The first-order valence-electron chi connectivity index (χ1n) is 4.19. The summed E-state index contributed by atoms with van der Waals surface area (Å²) in [5, 5.41) is 4.52. The Morgan fingerprint density at radius 1 is 1.36 bits per heavy atom. The van der Waals surface area contributed by atoms with Crippen LogP contribution < -0.4 is 5.73 Å². The molecule has 2 N–H and O–H groups in total. The highest BCUT2D eigenvalue weighted by atomic mass is 35.5. The van der Waals surface area contributed by atoms with Gasteiger partial charge in [-0.3, -0.25) is 0 Å². The van der Waals surface area contributed by atoms with Crippen molar-refractivity contribution in [1.29, 1.82) is 0 Å². The summed E-state index contributed by atoms with van der Waals surface area (Å²) in [4.78, 5) is 0. The van der Waals surface area contributed by atoms with Crippen LogP contribution in [-0.4, -0.2) is 5.16 Å². The summed E-state index contributed by atoms with van der Waals surface area (Å²) >= 11 is 5.85. The van der Waals surface area contributed by atoms with Crippen molar-refractivity contribution in [3.05, 3.63) is 46.6 Å². The lowest BCUT2D eigenvalue weighted by Crippen LogP contribution is -1.87. The molecule has 0 spiro atoms. The fourth-order valence-electron chi connectivity index (χ4n) is 1.27. The Labute approximate surface area is 86.5 Å². The number of hydrogen-bond acceptors (Lipinski definition) is 3. The molecule has 72 valence electrons. The summed E-state index contributed by atoms with van der Waals surface area (Å²) in [6.07, 6.45) is 0.682. The molecule has 0 fully saturated rings. The van der Waals surface area contributed by atoms with E-state index < -0.39 is 0 Å². The van der Waals surface area contributed by atoms with Crippen molar-refractivity contribution in [3.8, 4) is 0 Å². The van der Waals surface area contributed by atoms with E-state index in [1.54, 1.807) is 6.07 Å². The molecule has 2 aromatic rings. The lowest BCUT2D eigenvalue weighted by atomic mass is 10.1. The average molecular weight is 209 g/mol. The molecule has 0 aliphatic carbocycles. The largest absolute Gasteiger partial charge is 0.368 e. The second-order valence-corrected chi connectivity index (χ2v) is 3.46. The highest BCUT2D eigenvalue weighted by molar-refractivity contribution is 6.30. The van der Waals surface area contributed by atoms with Gasteiger partial charge in [0.1, 0.15) is 0 Å². The van der Waals surface area contributed by atoms with Crippen LogP contribution in [0, 0.1) is 0 Å². The van der Waals surface area contributed by atoms with Gasteiger partial charge in [0, 0.05) is 17.5 Å². The van der Waals surface area contributed by atoms with Crippen molar-refractivity contribution in [3.63, 3.8) is 0 Å². The van der Waals surface area contributed by atoms with Crippen LogP contribution in [0.15, 0.2) is 34.9 Å². The Balaban J connectivity index is 2.18. The summed E-state index contributed by atoms with van der Waals surface area (Å²) in [5.41, 5.74) is 7.31. The molecule has 0 unspecified atom stereocenters. The van der Waals surface area contributed by atoms with Crippen LogP contribution in [0.4, 0.5) is 5.88 Å². The fraction of sp³-hybridized carbons (Fsp3) is 0.100. The molecule has 2 rings (SSSR count). The predicted molar refractivity (Wildman–Crippen MR) is 55.2 cm³/mol. The van der Waals surface area contributed by atoms with E-state index in [4.69, 9.17) is 21.9 Å². The van der Waals surface area contributed by atoms with Crippen LogP contribution >= 0.6 is 11.6 Å². The van der Waals surface area contributed by atoms with Gasteiger partial charge in [-0.2, -0.15) is 0 Å². The first-order valence-corrected chi connectivity index (χ1v) is 4.57. The Kier molecular flexibility index (Phi) is 2.41. The van der Waals surface area contributed by atoms with Crippen LogP contribution in [0.5, 0.6) is 0 Å². The normalized spacial score (nSPS) is 10.4. The van der Waals surface area contributed by atoms with Crippen molar-refractivity contribution in [2.45, 2.75) is 6.42 Å². The summed E-state index contributed by atoms with van der Waals surface area (Å²) in [6, 6.07) is 9.33. The van der Waals surface area contributed by atoms with E-state index in [2.05, 4.69) is 5.16 Å². The summed E-state index contributed by atoms with van der Waals surface area (Å²) < 4.78 is 4.76. The Hall–Kier alpha value is -1.48. The number of nitrogens with zero attached hydrogens (tertiary/aromatic N) is 1. The second-order valence-electron chi connectivity index (χ2n) is 3.03. The smallest absolute Gasteiger partial charge is 0.222 e. The molecule has 0 bridgehead atoms. The Morgan fingerprint density at radius 3 is 2.86 bits per heavy atom. The molecule has 14 heavy (non-hydrogen) atoms. The van der Waals surface area contributed by atoms with Crippen LogP contribution in [0.1, 0.15) is 11.3 Å². The van der Waals surface area contributed by atoms with Gasteiger partial charge in [-0.1, -0.05) is 28.9 Å². The molecule has 4 heteroatoms. The molecular weight excluding hydrogens is 200 g/mol. The SMILES string of the molecule is Nc1cc(Cc2cccc(Cl)c2)no1. The van der Waals surface area contributed by atoms with Gasteiger partial charge < -0.3 is 10.3 Å². The maximum atomic E-state index is 5.85. The number of nitrogens with two attached hydrogens (primary N) is 1. The van der Waals surface area contributed by atoms with Gasteiger partial charge in [-0.15, -0.1) is 0 Å². The molecule has 1 heterocycles. The number of rotatable bonds is 2. The van der Waals surface area contributed by atoms with Gasteiger partial charge in [-0.05, 0) is 17.7 Å². The number of anilines is 1. The quantitative estimate of drug-likeness (QED) is 0.825. The zero-order valence-corrected chi connectivity index (χ0v) is 8.16. The third kappa shape index (κ3) is 2.06. The van der Waals surface area contributed by atoms with E-state index >= 15 is 0 Å². The van der Waals surface area contributed by atoms with Crippen molar-refractivity contribution in [2.75, 3.05) is 5.73 Å². The summed E-state index contributed by atoms with van der Waals surface area (Å²) in [7, 11) is 0. The van der Waals surface area contributed by atoms with Crippen molar-refractivity contribution in [2.24, 2.45) is 0 Å². The Bertz CT molecular complexity index is 439. The first kappa shape index (κ1) is 9.09. The molecule has 1 aromatic heterocycles. The minimum absolute atomic E-state index is 0.335. The van der Waals surface area contributed by atoms with Gasteiger partial charge >= 0.3 is 0 Å².